The number of para-hydroxylation sites is 1. The molecule has 0 aliphatic carbocycles. The summed E-state index contributed by atoms with van der Waals surface area (Å²) in [5.41, 5.74) is 1.62. The molecule has 2 aliphatic heterocycles. The van der Waals surface area contributed by atoms with Crippen molar-refractivity contribution in [3.05, 3.63) is 35.5 Å². The second kappa shape index (κ2) is 12.0. The number of rotatable bonds is 12. The van der Waals surface area contributed by atoms with Gasteiger partial charge in [-0.05, 0) is 12.5 Å². The number of hydrogen-bond acceptors (Lipinski definition) is 6. The van der Waals surface area contributed by atoms with E-state index in [0.29, 0.717) is 48.8 Å². The van der Waals surface area contributed by atoms with Gasteiger partial charge in [0.2, 0.25) is 0 Å². The summed E-state index contributed by atoms with van der Waals surface area (Å²) in [7, 11) is 1.59. The fourth-order valence-corrected chi connectivity index (χ4v) is 4.54. The number of amides is 2. The highest BCUT2D eigenvalue weighted by Gasteiger charge is 2.42. The molecule has 7 heteroatoms. The molecule has 1 fully saturated rings. The fourth-order valence-electron chi connectivity index (χ4n) is 4.54. The first kappa shape index (κ1) is 24.3. The Balaban J connectivity index is 1.82. The number of benzene rings is 1. The molecule has 2 aliphatic rings. The van der Waals surface area contributed by atoms with Crippen molar-refractivity contribution in [1.29, 1.82) is 0 Å². The number of imide groups is 1. The Morgan fingerprint density at radius 3 is 2.28 bits per heavy atom. The molecule has 0 radical (unpaired) electrons. The van der Waals surface area contributed by atoms with Gasteiger partial charge in [-0.25, -0.2) is 0 Å². The van der Waals surface area contributed by atoms with Crippen LogP contribution in [0.15, 0.2) is 30.0 Å². The molecule has 0 saturated carbocycles. The number of hydrogen-bond donors (Lipinski definition) is 1. The van der Waals surface area contributed by atoms with Gasteiger partial charge in [0.1, 0.15) is 11.4 Å². The maximum absolute atomic E-state index is 13.5. The quantitative estimate of drug-likeness (QED) is 0.396. The highest BCUT2D eigenvalue weighted by Crippen LogP contribution is 2.36. The molecule has 0 unspecified atom stereocenters. The molecule has 2 heterocycles. The minimum absolute atomic E-state index is 0.124. The van der Waals surface area contributed by atoms with Gasteiger partial charge < -0.3 is 14.7 Å². The summed E-state index contributed by atoms with van der Waals surface area (Å²) in [6, 6.07) is 7.42. The van der Waals surface area contributed by atoms with Crippen LogP contribution >= 0.6 is 0 Å². The molecule has 1 N–H and O–H groups in total. The largest absolute Gasteiger partial charge is 0.496 e. The fraction of sp³-hybridized carbons (Fsp3) is 0.600. The molecule has 0 spiro atoms. The smallest absolute Gasteiger partial charge is 0.277 e. The van der Waals surface area contributed by atoms with Crippen LogP contribution in [0.5, 0.6) is 5.75 Å². The summed E-state index contributed by atoms with van der Waals surface area (Å²) in [4.78, 5) is 32.6. The van der Waals surface area contributed by atoms with Crippen LogP contribution in [0.3, 0.4) is 0 Å². The number of methoxy groups -OCH3 is 1. The molecule has 176 valence electrons. The minimum atomic E-state index is -0.221. The Hall–Kier alpha value is -2.38. The van der Waals surface area contributed by atoms with E-state index in [1.807, 2.05) is 29.2 Å². The maximum atomic E-state index is 13.5. The number of unbranched alkanes of at least 4 members (excludes halogenated alkanes) is 5. The van der Waals surface area contributed by atoms with Gasteiger partial charge >= 0.3 is 0 Å². The lowest BCUT2D eigenvalue weighted by molar-refractivity contribution is -0.137. The first-order valence-electron chi connectivity index (χ1n) is 11.9. The Morgan fingerprint density at radius 1 is 0.906 bits per heavy atom. The molecule has 2 amide bonds. The lowest BCUT2D eigenvalue weighted by Crippen LogP contribution is -2.48. The van der Waals surface area contributed by atoms with E-state index < -0.39 is 0 Å². The van der Waals surface area contributed by atoms with Crippen molar-refractivity contribution in [2.75, 3.05) is 53.0 Å². The number of β-amino-alcohol motifs (C(OH)–C–C–N with tert-alkyl or cyclic N) is 1. The predicted molar refractivity (Wildman–Crippen MR) is 125 cm³/mol. The van der Waals surface area contributed by atoms with Gasteiger partial charge in [-0.1, -0.05) is 57.2 Å². The molecule has 32 heavy (non-hydrogen) atoms. The number of aliphatic hydroxyl groups excluding tert-OH is 1. The van der Waals surface area contributed by atoms with E-state index in [1.54, 1.807) is 7.11 Å². The van der Waals surface area contributed by atoms with Crippen molar-refractivity contribution >= 4 is 17.4 Å². The van der Waals surface area contributed by atoms with Crippen molar-refractivity contribution in [3.8, 4) is 5.75 Å². The number of carbonyl (C=O) groups excluding carboxylic acids is 2. The van der Waals surface area contributed by atoms with Crippen LogP contribution in [0.2, 0.25) is 0 Å². The first-order valence-corrected chi connectivity index (χ1v) is 11.9. The van der Waals surface area contributed by atoms with Crippen molar-refractivity contribution in [3.63, 3.8) is 0 Å². The summed E-state index contributed by atoms with van der Waals surface area (Å²) < 4.78 is 5.53. The highest BCUT2D eigenvalue weighted by molar-refractivity contribution is 6.36. The number of aliphatic hydroxyl groups is 1. The van der Waals surface area contributed by atoms with Crippen LogP contribution < -0.4 is 4.74 Å². The Bertz CT molecular complexity index is 815. The second-order valence-corrected chi connectivity index (χ2v) is 8.51. The van der Waals surface area contributed by atoms with Crippen LogP contribution in [0.1, 0.15) is 51.0 Å². The molecule has 1 aromatic carbocycles. The van der Waals surface area contributed by atoms with Gasteiger partial charge in [-0.2, -0.15) is 0 Å². The zero-order valence-electron chi connectivity index (χ0n) is 19.5. The summed E-state index contributed by atoms with van der Waals surface area (Å²) >= 11 is 0. The minimum Gasteiger partial charge on any atom is -0.496 e. The van der Waals surface area contributed by atoms with E-state index in [2.05, 4.69) is 11.8 Å². The molecule has 0 aromatic heterocycles. The summed E-state index contributed by atoms with van der Waals surface area (Å²) in [5, 5.41) is 9.22. The first-order chi connectivity index (χ1) is 15.6. The van der Waals surface area contributed by atoms with Crippen LogP contribution in [0.25, 0.3) is 5.57 Å². The molecule has 1 aromatic rings. The van der Waals surface area contributed by atoms with Crippen molar-refractivity contribution in [2.24, 2.45) is 0 Å². The van der Waals surface area contributed by atoms with Gasteiger partial charge in [-0.15, -0.1) is 0 Å². The van der Waals surface area contributed by atoms with Gasteiger partial charge in [0.05, 0.1) is 19.3 Å². The molecule has 7 nitrogen and oxygen atoms in total. The second-order valence-electron chi connectivity index (χ2n) is 8.51. The van der Waals surface area contributed by atoms with Crippen LogP contribution in [0, 0.1) is 0 Å². The maximum Gasteiger partial charge on any atom is 0.277 e. The van der Waals surface area contributed by atoms with E-state index in [1.165, 1.54) is 24.2 Å². The third kappa shape index (κ3) is 5.51. The highest BCUT2D eigenvalue weighted by atomic mass is 16.5. The van der Waals surface area contributed by atoms with Crippen LogP contribution in [-0.4, -0.2) is 84.6 Å². The molecule has 0 atom stereocenters. The van der Waals surface area contributed by atoms with Gasteiger partial charge in [-0.3, -0.25) is 19.4 Å². The topological polar surface area (TPSA) is 73.3 Å². The number of ether oxygens (including phenoxy) is 1. The van der Waals surface area contributed by atoms with Gasteiger partial charge in [0, 0.05) is 44.8 Å². The molecular formula is C25H37N3O4. The van der Waals surface area contributed by atoms with Gasteiger partial charge in [0.15, 0.2) is 0 Å². The van der Waals surface area contributed by atoms with Crippen LogP contribution in [0.4, 0.5) is 0 Å². The molecule has 3 rings (SSSR count). The number of piperazine rings is 1. The summed E-state index contributed by atoms with van der Waals surface area (Å²) in [6.45, 7) is 6.20. The van der Waals surface area contributed by atoms with E-state index in [4.69, 9.17) is 4.74 Å². The molecular weight excluding hydrogens is 406 g/mol. The van der Waals surface area contributed by atoms with Gasteiger partial charge in [0.25, 0.3) is 11.8 Å². The van der Waals surface area contributed by atoms with Crippen molar-refractivity contribution in [2.45, 2.75) is 45.4 Å². The Labute approximate surface area is 191 Å². The van der Waals surface area contributed by atoms with Crippen molar-refractivity contribution in [1.82, 2.24) is 14.7 Å². The average Bonchev–Trinajstić information content (AvgIpc) is 3.06. The van der Waals surface area contributed by atoms with E-state index in [0.717, 1.165) is 32.4 Å². The molecule has 1 saturated heterocycles. The van der Waals surface area contributed by atoms with E-state index >= 15 is 0 Å². The van der Waals surface area contributed by atoms with E-state index in [9.17, 15) is 14.7 Å². The SMILES string of the molecule is CCCCCCCCN1C(=O)C(c2ccccc2OC)=C(N2CCN(CCO)CC2)C1=O. The third-order valence-electron chi connectivity index (χ3n) is 6.36. The lowest BCUT2D eigenvalue weighted by atomic mass is 10.0. The normalized spacial score (nSPS) is 17.6. The zero-order valence-corrected chi connectivity index (χ0v) is 19.5. The monoisotopic (exact) mass is 443 g/mol. The Kier molecular flexibility index (Phi) is 9.11. The van der Waals surface area contributed by atoms with Crippen molar-refractivity contribution < 1.29 is 19.4 Å². The third-order valence-corrected chi connectivity index (χ3v) is 6.36. The summed E-state index contributed by atoms with van der Waals surface area (Å²) in [5.74, 6) is 0.183. The Morgan fingerprint density at radius 2 is 1.59 bits per heavy atom. The lowest BCUT2D eigenvalue weighted by Gasteiger charge is -2.36. The van der Waals surface area contributed by atoms with E-state index in [-0.39, 0.29) is 18.4 Å². The average molecular weight is 444 g/mol. The predicted octanol–water partition coefficient (Wildman–Crippen LogP) is 2.75. The number of nitrogens with zero attached hydrogens (tertiary/aromatic N) is 3. The standard InChI is InChI=1S/C25H37N3O4/c1-3-4-5-6-7-10-13-28-24(30)22(20-11-8-9-12-21(20)32-2)23(25(28)31)27-16-14-26(15-17-27)18-19-29/h8-9,11-12,29H,3-7,10,13-19H2,1-2H3. The van der Waals surface area contributed by atoms with Crippen LogP contribution in [-0.2, 0) is 9.59 Å². The molecule has 0 bridgehead atoms. The zero-order chi connectivity index (χ0) is 22.9. The number of carbonyl (C=O) groups is 2. The summed E-state index contributed by atoms with van der Waals surface area (Å²) in [6.07, 6.45) is 6.62.